The molecule has 54 heavy (non-hydrogen) atoms. The molecule has 2 aromatic rings. The highest BCUT2D eigenvalue weighted by molar-refractivity contribution is 6.74. The average molecular weight is 765 g/mol. The van der Waals surface area contributed by atoms with Gasteiger partial charge in [0.15, 0.2) is 31.1 Å². The first kappa shape index (κ1) is 40.2. The number of fused-ring (bicyclic) bond motifs is 5. The van der Waals surface area contributed by atoms with E-state index >= 15 is 4.79 Å². The molecule has 1 aliphatic heterocycles. The van der Waals surface area contributed by atoms with Crippen LogP contribution in [0.5, 0.6) is 5.75 Å². The van der Waals surface area contributed by atoms with Gasteiger partial charge in [-0.2, -0.15) is 0 Å². The molecule has 3 aliphatic carbocycles. The summed E-state index contributed by atoms with van der Waals surface area (Å²) in [4.78, 5) is 57.9. The Morgan fingerprint density at radius 1 is 1.00 bits per heavy atom. The maximum Gasteiger partial charge on any atom is 0.338 e. The molecule has 0 aromatic heterocycles. The topological polar surface area (TPSA) is 144 Å². The Morgan fingerprint density at radius 2 is 1.65 bits per heavy atom. The molecule has 0 unspecified atom stereocenters. The van der Waals surface area contributed by atoms with E-state index in [1.54, 1.807) is 58.2 Å². The SMILES string of the molecule is COc1ccc(CO[C@H]2C(=O)[C@]3(C)[C@@H](O[Si](C)(C)C(C)(C)C)C[C@H]4OC[C@@]4(OC(C)=O)[C@H]3[C@H](OC(=O)c3ccccc3)[C@]3(O)C(=O)CC[C@H]2C3(C)C)cc1. The molecule has 11 nitrogen and oxygen atoms in total. The zero-order valence-electron chi connectivity index (χ0n) is 33.2. The van der Waals surface area contributed by atoms with Crippen LogP contribution in [0.25, 0.3) is 0 Å². The number of esters is 2. The summed E-state index contributed by atoms with van der Waals surface area (Å²) in [5, 5.41) is 13.1. The van der Waals surface area contributed by atoms with E-state index in [4.69, 9.17) is 28.1 Å². The minimum atomic E-state index is -2.66. The lowest BCUT2D eigenvalue weighted by Crippen LogP contribution is -2.83. The molecule has 1 heterocycles. The minimum absolute atomic E-state index is 0.0567. The molecular formula is C42H56O11Si. The van der Waals surface area contributed by atoms with Gasteiger partial charge in [-0.25, -0.2) is 4.79 Å². The van der Waals surface area contributed by atoms with Gasteiger partial charge < -0.3 is 33.2 Å². The Balaban J connectivity index is 1.61. The van der Waals surface area contributed by atoms with Crippen LogP contribution in [-0.4, -0.2) is 86.3 Å². The summed E-state index contributed by atoms with van der Waals surface area (Å²) >= 11 is 0. The van der Waals surface area contributed by atoms with Crippen LogP contribution in [0.1, 0.15) is 83.7 Å². The Hall–Kier alpha value is -3.42. The molecule has 294 valence electrons. The predicted octanol–water partition coefficient (Wildman–Crippen LogP) is 6.24. The smallest absolute Gasteiger partial charge is 0.338 e. The van der Waals surface area contributed by atoms with Crippen LogP contribution < -0.4 is 4.74 Å². The molecular weight excluding hydrogens is 709 g/mol. The van der Waals surface area contributed by atoms with E-state index in [1.807, 2.05) is 24.3 Å². The fourth-order valence-corrected chi connectivity index (χ4v) is 10.8. The third-order valence-corrected chi connectivity index (χ3v) is 18.1. The van der Waals surface area contributed by atoms with Gasteiger partial charge in [-0.3, -0.25) is 14.4 Å². The van der Waals surface area contributed by atoms with Gasteiger partial charge in [-0.15, -0.1) is 0 Å². The highest BCUT2D eigenvalue weighted by Crippen LogP contribution is 2.65. The third kappa shape index (κ3) is 6.26. The van der Waals surface area contributed by atoms with Gasteiger partial charge in [0.25, 0.3) is 0 Å². The van der Waals surface area contributed by atoms with Crippen molar-refractivity contribution in [2.75, 3.05) is 13.7 Å². The Kier molecular flexibility index (Phi) is 10.4. The maximum absolute atomic E-state index is 16.0. The van der Waals surface area contributed by atoms with Crippen LogP contribution in [0.3, 0.4) is 0 Å². The van der Waals surface area contributed by atoms with Crippen LogP contribution >= 0.6 is 0 Å². The van der Waals surface area contributed by atoms with Crippen LogP contribution in [0.4, 0.5) is 0 Å². The molecule has 1 saturated heterocycles. The van der Waals surface area contributed by atoms with Crippen molar-refractivity contribution >= 4 is 31.8 Å². The average Bonchev–Trinajstić information content (AvgIpc) is 3.10. The molecule has 3 saturated carbocycles. The normalized spacial score (nSPS) is 34.6. The van der Waals surface area contributed by atoms with E-state index in [9.17, 15) is 19.5 Å². The van der Waals surface area contributed by atoms with Gasteiger partial charge in [-0.05, 0) is 61.3 Å². The van der Waals surface area contributed by atoms with Crippen molar-refractivity contribution in [3.63, 3.8) is 0 Å². The van der Waals surface area contributed by atoms with Gasteiger partial charge >= 0.3 is 11.9 Å². The van der Waals surface area contributed by atoms with Crippen molar-refractivity contribution in [3.8, 4) is 5.75 Å². The number of carbonyl (C=O) groups is 4. The van der Waals surface area contributed by atoms with Crippen molar-refractivity contribution in [1.82, 2.24) is 0 Å². The second-order valence-electron chi connectivity index (χ2n) is 17.9. The van der Waals surface area contributed by atoms with E-state index in [-0.39, 0.29) is 48.9 Å². The predicted molar refractivity (Wildman–Crippen MR) is 201 cm³/mol. The van der Waals surface area contributed by atoms with Gasteiger partial charge in [0, 0.05) is 31.1 Å². The van der Waals surface area contributed by atoms with Gasteiger partial charge in [-0.1, -0.05) is 65.0 Å². The minimum Gasteiger partial charge on any atom is -0.497 e. The zero-order chi connectivity index (χ0) is 39.6. The summed E-state index contributed by atoms with van der Waals surface area (Å²) < 4.78 is 38.2. The van der Waals surface area contributed by atoms with Crippen molar-refractivity contribution < 1.29 is 52.4 Å². The molecule has 12 heteroatoms. The Labute approximate surface area is 319 Å². The number of ether oxygens (including phenoxy) is 5. The lowest BCUT2D eigenvalue weighted by Gasteiger charge is -2.68. The fraction of sp³-hybridized carbons (Fsp3) is 0.619. The van der Waals surface area contributed by atoms with E-state index in [0.717, 1.165) is 5.56 Å². The molecule has 0 spiro atoms. The molecule has 4 aliphatic rings. The quantitative estimate of drug-likeness (QED) is 0.229. The van der Waals surface area contributed by atoms with Crippen LogP contribution in [0, 0.1) is 22.7 Å². The first-order valence-electron chi connectivity index (χ1n) is 18.9. The maximum atomic E-state index is 16.0. The number of rotatable bonds is 9. The summed E-state index contributed by atoms with van der Waals surface area (Å²) in [7, 11) is -1.08. The first-order chi connectivity index (χ1) is 25.1. The van der Waals surface area contributed by atoms with Crippen LogP contribution in [-0.2, 0) is 44.4 Å². The van der Waals surface area contributed by atoms with Crippen LogP contribution in [0.15, 0.2) is 54.6 Å². The number of Topliss-reactive ketones (excluding diaryl/α,β-unsaturated/α-hetero) is 2. The van der Waals surface area contributed by atoms with Gasteiger partial charge in [0.1, 0.15) is 24.1 Å². The summed E-state index contributed by atoms with van der Waals surface area (Å²) in [6.45, 7) is 16.9. The Morgan fingerprint density at radius 3 is 2.20 bits per heavy atom. The molecule has 0 radical (unpaired) electrons. The number of carbonyl (C=O) groups excluding carboxylic acids is 4. The van der Waals surface area contributed by atoms with E-state index in [0.29, 0.717) is 5.75 Å². The fourth-order valence-electron chi connectivity index (χ4n) is 9.36. The van der Waals surface area contributed by atoms with Gasteiger partial charge in [0.2, 0.25) is 0 Å². The number of hydrogen-bond acceptors (Lipinski definition) is 11. The van der Waals surface area contributed by atoms with Crippen molar-refractivity contribution in [2.45, 2.75) is 128 Å². The number of methoxy groups -OCH3 is 1. The Bertz CT molecular complexity index is 1770. The largest absolute Gasteiger partial charge is 0.497 e. The summed E-state index contributed by atoms with van der Waals surface area (Å²) in [6, 6.07) is 15.6. The third-order valence-electron chi connectivity index (χ3n) is 13.6. The van der Waals surface area contributed by atoms with Crippen LogP contribution in [0.2, 0.25) is 18.1 Å². The lowest BCUT2D eigenvalue weighted by atomic mass is 9.43. The number of benzene rings is 2. The number of ketones is 2. The molecule has 9 atom stereocenters. The molecule has 2 bridgehead atoms. The molecule has 0 amide bonds. The summed E-state index contributed by atoms with van der Waals surface area (Å²) in [5.74, 6) is -3.57. The standard InChI is InChI=1S/C42H56O11Si/c1-25(43)52-41-24-50-32(41)22-31(53-54(9,10)38(2,3)4)40(7)34(41)36(51-37(46)27-14-12-11-13-15-27)42(47)30(44)21-20-29(39(42,5)6)33(35(40)45)49-23-26-16-18-28(48-8)19-17-26/h11-19,29,31-34,36,47H,20-24H2,1-10H3/t29-,31+,32-,33-,34+,36+,40-,41+,42-/m1/s1. The summed E-state index contributed by atoms with van der Waals surface area (Å²) in [6.07, 6.45) is -4.06. The van der Waals surface area contributed by atoms with Crippen molar-refractivity contribution in [1.29, 1.82) is 0 Å². The lowest BCUT2D eigenvalue weighted by molar-refractivity contribution is -0.345. The second-order valence-corrected chi connectivity index (χ2v) is 22.7. The second kappa shape index (κ2) is 13.9. The molecule has 2 aromatic carbocycles. The number of hydrogen-bond donors (Lipinski definition) is 1. The molecule has 6 rings (SSSR count). The monoisotopic (exact) mass is 764 g/mol. The number of aliphatic hydroxyl groups is 1. The molecule has 4 fully saturated rings. The highest BCUT2D eigenvalue weighted by atomic mass is 28.4. The summed E-state index contributed by atoms with van der Waals surface area (Å²) in [5.41, 5.74) is -5.91. The van der Waals surface area contributed by atoms with Crippen molar-refractivity contribution in [2.24, 2.45) is 22.7 Å². The molecule has 1 N–H and O–H groups in total. The first-order valence-corrected chi connectivity index (χ1v) is 21.9. The highest BCUT2D eigenvalue weighted by Gasteiger charge is 2.80. The van der Waals surface area contributed by atoms with Gasteiger partial charge in [0.05, 0.1) is 43.3 Å². The van der Waals surface area contributed by atoms with E-state index in [1.165, 1.54) is 6.92 Å². The van der Waals surface area contributed by atoms with E-state index in [2.05, 4.69) is 33.9 Å². The van der Waals surface area contributed by atoms with Crippen molar-refractivity contribution in [3.05, 3.63) is 65.7 Å². The zero-order valence-corrected chi connectivity index (χ0v) is 34.2. The van der Waals surface area contributed by atoms with E-state index < -0.39 is 84.3 Å².